The van der Waals surface area contributed by atoms with Crippen LogP contribution >= 0.6 is 0 Å². The molecule has 0 amide bonds. The van der Waals surface area contributed by atoms with Crippen LogP contribution in [0.25, 0.3) is 0 Å². The molecule has 0 aliphatic heterocycles. The summed E-state index contributed by atoms with van der Waals surface area (Å²) in [7, 11) is 0. The van der Waals surface area contributed by atoms with Gasteiger partial charge in [-0.1, -0.05) is 13.8 Å². The zero-order valence-corrected chi connectivity index (χ0v) is 6.78. The van der Waals surface area contributed by atoms with Gasteiger partial charge in [-0.05, 0) is 12.3 Å². The Hall–Kier alpha value is -1.12. The lowest BCUT2D eigenvalue weighted by molar-refractivity contribution is 0.453. The van der Waals surface area contributed by atoms with Crippen molar-refractivity contribution in [2.45, 2.75) is 20.3 Å². The maximum Gasteiger partial charge on any atom is 0.155 e. The predicted molar refractivity (Wildman–Crippen MR) is 42.2 cm³/mol. The van der Waals surface area contributed by atoms with Crippen molar-refractivity contribution in [2.75, 3.05) is 0 Å². The standard InChI is InChI=1S/C8H12N2O/c1-6(2)3-7-8(11)4-9-5-10-7/h4-6,11H,3H2,1-2H3. The zero-order chi connectivity index (χ0) is 8.27. The Kier molecular flexibility index (Phi) is 2.41. The summed E-state index contributed by atoms with van der Waals surface area (Å²) in [5.41, 5.74) is 0.731. The highest BCUT2D eigenvalue weighted by Gasteiger charge is 2.03. The highest BCUT2D eigenvalue weighted by Crippen LogP contribution is 2.14. The Morgan fingerprint density at radius 1 is 1.55 bits per heavy atom. The smallest absolute Gasteiger partial charge is 0.155 e. The lowest BCUT2D eigenvalue weighted by atomic mass is 10.1. The highest BCUT2D eigenvalue weighted by molar-refractivity contribution is 5.21. The largest absolute Gasteiger partial charge is 0.504 e. The Bertz CT molecular complexity index is 235. The van der Waals surface area contributed by atoms with Crippen LogP contribution in [0.2, 0.25) is 0 Å². The van der Waals surface area contributed by atoms with Gasteiger partial charge >= 0.3 is 0 Å². The molecule has 0 saturated heterocycles. The molecule has 0 aliphatic rings. The van der Waals surface area contributed by atoms with E-state index in [1.54, 1.807) is 0 Å². The van der Waals surface area contributed by atoms with Crippen LogP contribution in [0, 0.1) is 5.92 Å². The van der Waals surface area contributed by atoms with Crippen LogP contribution in [-0.2, 0) is 6.42 Å². The fourth-order valence-electron chi connectivity index (χ4n) is 0.892. The number of hydrogen-bond donors (Lipinski definition) is 1. The third kappa shape index (κ3) is 2.18. The molecule has 1 aromatic rings. The van der Waals surface area contributed by atoms with E-state index in [4.69, 9.17) is 0 Å². The van der Waals surface area contributed by atoms with E-state index in [9.17, 15) is 5.11 Å². The van der Waals surface area contributed by atoms with Gasteiger partial charge in [0.2, 0.25) is 0 Å². The van der Waals surface area contributed by atoms with Gasteiger partial charge in [0.15, 0.2) is 5.75 Å². The van der Waals surface area contributed by atoms with Crippen molar-refractivity contribution in [3.63, 3.8) is 0 Å². The number of nitrogens with zero attached hydrogens (tertiary/aromatic N) is 2. The Balaban J connectivity index is 2.78. The quantitative estimate of drug-likeness (QED) is 0.696. The van der Waals surface area contributed by atoms with Crippen LogP contribution in [0.5, 0.6) is 5.75 Å². The van der Waals surface area contributed by atoms with E-state index < -0.39 is 0 Å². The second-order valence-corrected chi connectivity index (χ2v) is 2.95. The molecule has 60 valence electrons. The lowest BCUT2D eigenvalue weighted by Gasteiger charge is -2.04. The number of hydrogen-bond acceptors (Lipinski definition) is 3. The molecule has 0 aliphatic carbocycles. The van der Waals surface area contributed by atoms with E-state index in [0.29, 0.717) is 5.92 Å². The SMILES string of the molecule is CC(C)Cc1ncncc1O. The molecule has 0 unspecified atom stereocenters. The Morgan fingerprint density at radius 3 is 2.82 bits per heavy atom. The van der Waals surface area contributed by atoms with E-state index in [0.717, 1.165) is 12.1 Å². The molecule has 11 heavy (non-hydrogen) atoms. The molecule has 1 rings (SSSR count). The van der Waals surface area contributed by atoms with Crippen molar-refractivity contribution in [3.05, 3.63) is 18.2 Å². The molecule has 3 nitrogen and oxygen atoms in total. The van der Waals surface area contributed by atoms with Gasteiger partial charge in [0.25, 0.3) is 0 Å². The molecule has 1 N–H and O–H groups in total. The molecule has 0 fully saturated rings. The Morgan fingerprint density at radius 2 is 2.27 bits per heavy atom. The van der Waals surface area contributed by atoms with Crippen LogP contribution in [0.15, 0.2) is 12.5 Å². The first kappa shape index (κ1) is 7.98. The van der Waals surface area contributed by atoms with Crippen LogP contribution in [0.3, 0.4) is 0 Å². The topological polar surface area (TPSA) is 46.0 Å². The zero-order valence-electron chi connectivity index (χ0n) is 6.78. The van der Waals surface area contributed by atoms with E-state index in [1.807, 2.05) is 0 Å². The van der Waals surface area contributed by atoms with Gasteiger partial charge < -0.3 is 5.11 Å². The summed E-state index contributed by atoms with van der Waals surface area (Å²) in [6.07, 6.45) is 3.68. The van der Waals surface area contributed by atoms with E-state index >= 15 is 0 Å². The number of aromatic hydroxyl groups is 1. The molecule has 3 heteroatoms. The van der Waals surface area contributed by atoms with Gasteiger partial charge in [-0.3, -0.25) is 0 Å². The minimum atomic E-state index is 0.196. The molecular formula is C8H12N2O. The van der Waals surface area contributed by atoms with Crippen molar-refractivity contribution >= 4 is 0 Å². The van der Waals surface area contributed by atoms with Crippen LogP contribution in [0.4, 0.5) is 0 Å². The number of rotatable bonds is 2. The lowest BCUT2D eigenvalue weighted by Crippen LogP contribution is -1.97. The Labute approximate surface area is 66.1 Å². The van der Waals surface area contributed by atoms with E-state index in [2.05, 4.69) is 23.8 Å². The average molecular weight is 152 g/mol. The average Bonchev–Trinajstić information content (AvgIpc) is 1.93. The molecular weight excluding hydrogens is 140 g/mol. The minimum Gasteiger partial charge on any atom is -0.504 e. The summed E-state index contributed by atoms with van der Waals surface area (Å²) in [5, 5.41) is 9.23. The first-order valence-electron chi connectivity index (χ1n) is 3.68. The maximum absolute atomic E-state index is 9.23. The number of aromatic nitrogens is 2. The van der Waals surface area contributed by atoms with Crippen molar-refractivity contribution in [1.82, 2.24) is 9.97 Å². The highest BCUT2D eigenvalue weighted by atomic mass is 16.3. The van der Waals surface area contributed by atoms with Gasteiger partial charge in [0, 0.05) is 0 Å². The van der Waals surface area contributed by atoms with E-state index in [-0.39, 0.29) is 5.75 Å². The fourth-order valence-corrected chi connectivity index (χ4v) is 0.892. The third-order valence-electron chi connectivity index (χ3n) is 1.37. The van der Waals surface area contributed by atoms with Crippen molar-refractivity contribution in [3.8, 4) is 5.75 Å². The van der Waals surface area contributed by atoms with Crippen molar-refractivity contribution in [2.24, 2.45) is 5.92 Å². The summed E-state index contributed by atoms with van der Waals surface area (Å²) in [6, 6.07) is 0. The van der Waals surface area contributed by atoms with Crippen molar-refractivity contribution in [1.29, 1.82) is 0 Å². The van der Waals surface area contributed by atoms with Gasteiger partial charge in [0.05, 0.1) is 11.9 Å². The van der Waals surface area contributed by atoms with Crippen molar-refractivity contribution < 1.29 is 5.11 Å². The third-order valence-corrected chi connectivity index (χ3v) is 1.37. The summed E-state index contributed by atoms with van der Waals surface area (Å²) < 4.78 is 0. The maximum atomic E-state index is 9.23. The second-order valence-electron chi connectivity index (χ2n) is 2.95. The van der Waals surface area contributed by atoms with Crippen LogP contribution in [0.1, 0.15) is 19.5 Å². The fraction of sp³-hybridized carbons (Fsp3) is 0.500. The molecule has 0 aromatic carbocycles. The molecule has 0 atom stereocenters. The molecule has 1 heterocycles. The monoisotopic (exact) mass is 152 g/mol. The van der Waals surface area contributed by atoms with Gasteiger partial charge in [-0.2, -0.15) is 0 Å². The molecule has 0 saturated carbocycles. The minimum absolute atomic E-state index is 0.196. The predicted octanol–water partition coefficient (Wildman–Crippen LogP) is 1.38. The van der Waals surface area contributed by atoms with Gasteiger partial charge in [-0.15, -0.1) is 0 Å². The molecule has 1 aromatic heterocycles. The van der Waals surface area contributed by atoms with E-state index in [1.165, 1.54) is 12.5 Å². The van der Waals surface area contributed by atoms with Gasteiger partial charge in [0.1, 0.15) is 6.33 Å². The summed E-state index contributed by atoms with van der Waals surface area (Å²) in [5.74, 6) is 0.706. The first-order valence-corrected chi connectivity index (χ1v) is 3.68. The van der Waals surface area contributed by atoms with Gasteiger partial charge in [-0.25, -0.2) is 9.97 Å². The summed E-state index contributed by atoms with van der Waals surface area (Å²) in [6.45, 7) is 4.17. The summed E-state index contributed by atoms with van der Waals surface area (Å²) >= 11 is 0. The molecule has 0 radical (unpaired) electrons. The first-order chi connectivity index (χ1) is 5.20. The molecule has 0 spiro atoms. The van der Waals surface area contributed by atoms with Crippen LogP contribution < -0.4 is 0 Å². The normalized spacial score (nSPS) is 10.5. The second kappa shape index (κ2) is 3.32. The molecule has 0 bridgehead atoms. The summed E-state index contributed by atoms with van der Waals surface area (Å²) in [4.78, 5) is 7.65. The van der Waals surface area contributed by atoms with Crippen LogP contribution in [-0.4, -0.2) is 15.1 Å².